The minimum Gasteiger partial charge on any atom is -0.361 e. The van der Waals surface area contributed by atoms with Crippen LogP contribution in [0.3, 0.4) is 0 Å². The first-order valence-corrected chi connectivity index (χ1v) is 9.90. The number of anilines is 1. The van der Waals surface area contributed by atoms with Crippen molar-refractivity contribution in [2.24, 2.45) is 0 Å². The van der Waals surface area contributed by atoms with Gasteiger partial charge in [0.05, 0.1) is 46.7 Å². The second kappa shape index (κ2) is 8.63. The Morgan fingerprint density at radius 2 is 2.00 bits per heavy atom. The van der Waals surface area contributed by atoms with Crippen LogP contribution in [0.25, 0.3) is 0 Å². The van der Waals surface area contributed by atoms with Gasteiger partial charge in [0, 0.05) is 11.9 Å². The summed E-state index contributed by atoms with van der Waals surface area (Å²) in [4.78, 5) is 23.2. The number of benzene rings is 1. The van der Waals surface area contributed by atoms with Crippen LogP contribution in [0.1, 0.15) is 33.1 Å². The Morgan fingerprint density at radius 3 is 2.62 bits per heavy atom. The highest BCUT2D eigenvalue weighted by molar-refractivity contribution is 6.30. The van der Waals surface area contributed by atoms with Gasteiger partial charge in [0.25, 0.3) is 5.91 Å². The molecule has 0 atom stereocenters. The quantitative estimate of drug-likeness (QED) is 0.332. The van der Waals surface area contributed by atoms with Gasteiger partial charge in [-0.15, -0.1) is 0 Å². The molecule has 0 fully saturated rings. The van der Waals surface area contributed by atoms with Crippen LogP contribution in [0.5, 0.6) is 0 Å². The summed E-state index contributed by atoms with van der Waals surface area (Å²) in [5, 5.41) is 26.3. The Bertz CT molecular complexity index is 1290. The van der Waals surface area contributed by atoms with Gasteiger partial charge in [-0.2, -0.15) is 9.78 Å². The first kappa shape index (κ1) is 21.2. The molecule has 0 saturated carbocycles. The average Bonchev–Trinajstić information content (AvgIpc) is 3.44. The SMILES string of the molecule is Cc1onc(C(=O)Nc2ccc(Cn3cc(Cl)cn3)cc2)c1Cn1nc([N+](=O)[O-])cc1C. The molecular formula is C20H18ClN7O4. The summed E-state index contributed by atoms with van der Waals surface area (Å²) in [6.07, 6.45) is 3.29. The zero-order valence-corrected chi connectivity index (χ0v) is 17.9. The normalized spacial score (nSPS) is 11.0. The molecule has 3 aromatic heterocycles. The molecule has 0 saturated heterocycles. The lowest BCUT2D eigenvalue weighted by Gasteiger charge is -2.07. The Labute approximate surface area is 186 Å². The van der Waals surface area contributed by atoms with Crippen LogP contribution in [0.15, 0.2) is 47.2 Å². The molecule has 0 bridgehead atoms. The molecule has 0 aliphatic heterocycles. The molecule has 164 valence electrons. The molecule has 3 heterocycles. The van der Waals surface area contributed by atoms with Crippen LogP contribution in [-0.2, 0) is 13.1 Å². The number of rotatable bonds is 7. The summed E-state index contributed by atoms with van der Waals surface area (Å²) in [5.74, 6) is -0.288. The van der Waals surface area contributed by atoms with E-state index in [1.165, 1.54) is 10.7 Å². The Morgan fingerprint density at radius 1 is 1.25 bits per heavy atom. The second-order valence-electron chi connectivity index (χ2n) is 7.13. The van der Waals surface area contributed by atoms with E-state index in [0.717, 1.165) is 5.56 Å². The van der Waals surface area contributed by atoms with E-state index < -0.39 is 10.8 Å². The standard InChI is InChI=1S/C20H18ClN7O4/c1-12-7-18(28(30)31)24-27(12)11-17-13(2)32-25-19(17)20(29)23-16-5-3-14(4-6-16)9-26-10-15(21)8-22-26/h3-8,10H,9,11H2,1-2H3,(H,23,29). The molecule has 0 aliphatic carbocycles. The molecule has 0 spiro atoms. The van der Waals surface area contributed by atoms with Crippen molar-refractivity contribution < 1.29 is 14.2 Å². The highest BCUT2D eigenvalue weighted by Crippen LogP contribution is 2.20. The van der Waals surface area contributed by atoms with Crippen molar-refractivity contribution in [3.05, 3.63) is 86.1 Å². The van der Waals surface area contributed by atoms with Crippen LogP contribution in [0.2, 0.25) is 5.02 Å². The smallest absolute Gasteiger partial charge is 0.361 e. The monoisotopic (exact) mass is 455 g/mol. The fourth-order valence-electron chi connectivity index (χ4n) is 3.14. The minimum absolute atomic E-state index is 0.0929. The molecule has 4 aromatic rings. The Balaban J connectivity index is 1.48. The van der Waals surface area contributed by atoms with E-state index in [9.17, 15) is 14.9 Å². The van der Waals surface area contributed by atoms with Crippen LogP contribution in [-0.4, -0.2) is 35.5 Å². The fourth-order valence-corrected chi connectivity index (χ4v) is 3.30. The zero-order valence-electron chi connectivity index (χ0n) is 17.1. The topological polar surface area (TPSA) is 134 Å². The third-order valence-corrected chi connectivity index (χ3v) is 5.02. The first-order valence-electron chi connectivity index (χ1n) is 9.52. The van der Waals surface area contributed by atoms with Crippen LogP contribution < -0.4 is 5.32 Å². The Hall–Kier alpha value is -3.99. The number of hydrogen-bond donors (Lipinski definition) is 1. The van der Waals surface area contributed by atoms with E-state index >= 15 is 0 Å². The number of amides is 1. The number of nitrogens with zero attached hydrogens (tertiary/aromatic N) is 6. The van der Waals surface area contributed by atoms with E-state index in [1.807, 2.05) is 12.1 Å². The van der Waals surface area contributed by atoms with E-state index in [0.29, 0.717) is 34.3 Å². The fraction of sp³-hybridized carbons (Fsp3) is 0.200. The number of aryl methyl sites for hydroxylation is 2. The largest absolute Gasteiger partial charge is 0.390 e. The lowest BCUT2D eigenvalue weighted by Crippen LogP contribution is -2.16. The van der Waals surface area contributed by atoms with Crippen molar-refractivity contribution in [2.45, 2.75) is 26.9 Å². The van der Waals surface area contributed by atoms with Gasteiger partial charge in [-0.05, 0) is 36.5 Å². The summed E-state index contributed by atoms with van der Waals surface area (Å²) >= 11 is 5.88. The van der Waals surface area contributed by atoms with Crippen LogP contribution in [0.4, 0.5) is 11.5 Å². The van der Waals surface area contributed by atoms with Gasteiger partial charge in [-0.25, -0.2) is 0 Å². The van der Waals surface area contributed by atoms with Gasteiger partial charge in [0.2, 0.25) is 0 Å². The first-order chi connectivity index (χ1) is 15.3. The van der Waals surface area contributed by atoms with E-state index in [-0.39, 0.29) is 18.1 Å². The summed E-state index contributed by atoms with van der Waals surface area (Å²) in [7, 11) is 0. The van der Waals surface area contributed by atoms with Gasteiger partial charge in [-0.3, -0.25) is 9.48 Å². The van der Waals surface area contributed by atoms with Gasteiger partial charge in [-0.1, -0.05) is 28.9 Å². The zero-order chi connectivity index (χ0) is 22.8. The van der Waals surface area contributed by atoms with Crippen molar-refractivity contribution in [1.82, 2.24) is 24.7 Å². The molecule has 4 rings (SSSR count). The number of carbonyl (C=O) groups is 1. The van der Waals surface area contributed by atoms with Crippen molar-refractivity contribution >= 4 is 29.0 Å². The molecule has 32 heavy (non-hydrogen) atoms. The second-order valence-corrected chi connectivity index (χ2v) is 7.57. The number of aromatic nitrogens is 5. The third-order valence-electron chi connectivity index (χ3n) is 4.82. The highest BCUT2D eigenvalue weighted by Gasteiger charge is 2.24. The van der Waals surface area contributed by atoms with Crippen LogP contribution in [0, 0.1) is 24.0 Å². The predicted octanol–water partition coefficient (Wildman–Crippen LogP) is 3.59. The van der Waals surface area contributed by atoms with E-state index in [2.05, 4.69) is 20.7 Å². The van der Waals surface area contributed by atoms with Gasteiger partial charge < -0.3 is 20.0 Å². The average molecular weight is 456 g/mol. The van der Waals surface area contributed by atoms with Crippen molar-refractivity contribution in [3.63, 3.8) is 0 Å². The molecular weight excluding hydrogens is 438 g/mol. The van der Waals surface area contributed by atoms with E-state index in [4.69, 9.17) is 16.1 Å². The summed E-state index contributed by atoms with van der Waals surface area (Å²) in [6, 6.07) is 8.64. The molecule has 1 amide bonds. The van der Waals surface area contributed by atoms with Crippen molar-refractivity contribution in [3.8, 4) is 0 Å². The number of halogens is 1. The van der Waals surface area contributed by atoms with Crippen molar-refractivity contribution in [2.75, 3.05) is 5.32 Å². The van der Waals surface area contributed by atoms with E-state index in [1.54, 1.807) is 43.1 Å². The van der Waals surface area contributed by atoms with Gasteiger partial charge >= 0.3 is 5.82 Å². The van der Waals surface area contributed by atoms with Crippen LogP contribution >= 0.6 is 11.6 Å². The predicted molar refractivity (Wildman–Crippen MR) is 115 cm³/mol. The summed E-state index contributed by atoms with van der Waals surface area (Å²) < 4.78 is 8.35. The third kappa shape index (κ3) is 4.52. The number of nitrogens with one attached hydrogen (secondary N) is 1. The number of hydrogen-bond acceptors (Lipinski definition) is 7. The minimum atomic E-state index is -0.567. The molecule has 0 unspecified atom stereocenters. The number of carbonyl (C=O) groups excluding carboxylic acids is 1. The molecule has 1 aromatic carbocycles. The maximum absolute atomic E-state index is 12.8. The maximum atomic E-state index is 12.8. The van der Waals surface area contributed by atoms with Gasteiger partial charge in [0.1, 0.15) is 5.76 Å². The molecule has 12 heteroatoms. The Kier molecular flexibility index (Phi) is 5.73. The molecule has 1 N–H and O–H groups in total. The number of nitro groups is 1. The lowest BCUT2D eigenvalue weighted by molar-refractivity contribution is -0.389. The maximum Gasteiger partial charge on any atom is 0.390 e. The summed E-state index contributed by atoms with van der Waals surface area (Å²) in [6.45, 7) is 4.02. The summed E-state index contributed by atoms with van der Waals surface area (Å²) in [5.41, 5.74) is 2.73. The molecule has 0 aliphatic rings. The molecule has 0 radical (unpaired) electrons. The molecule has 11 nitrogen and oxygen atoms in total. The highest BCUT2D eigenvalue weighted by atomic mass is 35.5. The van der Waals surface area contributed by atoms with Gasteiger partial charge in [0.15, 0.2) is 5.69 Å². The van der Waals surface area contributed by atoms with Crippen molar-refractivity contribution in [1.29, 1.82) is 0 Å². The lowest BCUT2D eigenvalue weighted by atomic mass is 10.1.